The molecule has 0 saturated carbocycles. The molecule has 30 heavy (non-hydrogen) atoms. The molecule has 9 nitrogen and oxygen atoms in total. The monoisotopic (exact) mass is 410 g/mol. The predicted octanol–water partition coefficient (Wildman–Crippen LogP) is 3.81. The number of hydrogen-bond donors (Lipinski definition) is 2. The Morgan fingerprint density at radius 2 is 1.90 bits per heavy atom. The van der Waals surface area contributed by atoms with Gasteiger partial charge in [0.15, 0.2) is 0 Å². The molecule has 3 aromatic rings. The van der Waals surface area contributed by atoms with Crippen LogP contribution in [0.15, 0.2) is 48.8 Å². The lowest BCUT2D eigenvalue weighted by Gasteiger charge is -2.14. The second-order valence-corrected chi connectivity index (χ2v) is 6.49. The van der Waals surface area contributed by atoms with E-state index in [1.165, 1.54) is 18.5 Å². The van der Waals surface area contributed by atoms with E-state index >= 15 is 0 Å². The van der Waals surface area contributed by atoms with E-state index in [9.17, 15) is 9.59 Å². The average Bonchev–Trinajstić information content (AvgIpc) is 3.21. The number of esters is 1. The summed E-state index contributed by atoms with van der Waals surface area (Å²) in [6, 6.07) is 9.62. The topological polar surface area (TPSA) is 115 Å². The number of aromatic nitrogens is 3. The zero-order valence-electron chi connectivity index (χ0n) is 16.8. The number of carbonyl (C=O) groups excluding carboxylic acids is 2. The number of hydrogen-bond acceptors (Lipinski definition) is 7. The summed E-state index contributed by atoms with van der Waals surface area (Å²) in [6.07, 6.45) is 2.86. The summed E-state index contributed by atoms with van der Waals surface area (Å²) in [4.78, 5) is 28.4. The van der Waals surface area contributed by atoms with Crippen molar-refractivity contribution in [2.75, 3.05) is 11.9 Å². The number of anilines is 1. The van der Waals surface area contributed by atoms with Gasteiger partial charge in [0.25, 0.3) is 5.91 Å². The van der Waals surface area contributed by atoms with Gasteiger partial charge in [-0.1, -0.05) is 0 Å². The number of carbonyl (C=O) groups is 2. The summed E-state index contributed by atoms with van der Waals surface area (Å²) in [7, 11) is 0. The smallest absolute Gasteiger partial charge is 0.356 e. The van der Waals surface area contributed by atoms with Crippen LogP contribution < -0.4 is 14.8 Å². The molecule has 0 bridgehead atoms. The van der Waals surface area contributed by atoms with E-state index in [-0.39, 0.29) is 24.3 Å². The summed E-state index contributed by atoms with van der Waals surface area (Å²) >= 11 is 0. The summed E-state index contributed by atoms with van der Waals surface area (Å²) in [6.45, 7) is 5.76. The predicted molar refractivity (Wildman–Crippen MR) is 109 cm³/mol. The molecule has 0 atom stereocenters. The van der Waals surface area contributed by atoms with Gasteiger partial charge in [0, 0.05) is 17.7 Å². The Kier molecular flexibility index (Phi) is 6.63. The van der Waals surface area contributed by atoms with Crippen LogP contribution in [-0.4, -0.2) is 39.8 Å². The van der Waals surface area contributed by atoms with Crippen LogP contribution in [-0.2, 0) is 4.74 Å². The van der Waals surface area contributed by atoms with Crippen molar-refractivity contribution in [2.24, 2.45) is 0 Å². The zero-order valence-corrected chi connectivity index (χ0v) is 16.8. The second-order valence-electron chi connectivity index (χ2n) is 6.49. The van der Waals surface area contributed by atoms with Gasteiger partial charge in [0.1, 0.15) is 28.8 Å². The van der Waals surface area contributed by atoms with Crippen molar-refractivity contribution < 1.29 is 23.8 Å². The Bertz CT molecular complexity index is 1000. The van der Waals surface area contributed by atoms with Crippen LogP contribution in [0.1, 0.15) is 41.6 Å². The van der Waals surface area contributed by atoms with Crippen molar-refractivity contribution >= 4 is 17.7 Å². The number of rotatable bonds is 8. The van der Waals surface area contributed by atoms with E-state index in [4.69, 9.17) is 14.2 Å². The molecule has 2 heterocycles. The van der Waals surface area contributed by atoms with Crippen molar-refractivity contribution in [3.8, 4) is 17.2 Å². The summed E-state index contributed by atoms with van der Waals surface area (Å²) in [5.41, 5.74) is 0.523. The van der Waals surface area contributed by atoms with E-state index in [0.717, 1.165) is 0 Å². The molecule has 0 aliphatic heterocycles. The number of ether oxygens (including phenoxy) is 3. The highest BCUT2D eigenvalue weighted by atomic mass is 16.5. The largest absolute Gasteiger partial charge is 0.491 e. The highest BCUT2D eigenvalue weighted by Gasteiger charge is 2.14. The third-order valence-electron chi connectivity index (χ3n) is 3.72. The average molecular weight is 410 g/mol. The quantitative estimate of drug-likeness (QED) is 0.543. The molecule has 2 N–H and O–H groups in total. The molecule has 0 aliphatic carbocycles. The van der Waals surface area contributed by atoms with Crippen molar-refractivity contribution in [3.63, 3.8) is 0 Å². The molecule has 0 unspecified atom stereocenters. The number of benzene rings is 1. The summed E-state index contributed by atoms with van der Waals surface area (Å²) in [5, 5.41) is 9.18. The molecule has 2 aromatic heterocycles. The molecular formula is C21H22N4O5. The molecule has 3 rings (SSSR count). The lowest BCUT2D eigenvalue weighted by molar-refractivity contribution is 0.0519. The van der Waals surface area contributed by atoms with Crippen LogP contribution >= 0.6 is 0 Å². The fourth-order valence-corrected chi connectivity index (χ4v) is 2.52. The highest BCUT2D eigenvalue weighted by Crippen LogP contribution is 2.28. The van der Waals surface area contributed by atoms with Crippen LogP contribution in [0.4, 0.5) is 5.82 Å². The number of nitrogens with zero attached hydrogens (tertiary/aromatic N) is 2. The molecule has 9 heteroatoms. The van der Waals surface area contributed by atoms with Gasteiger partial charge in [-0.25, -0.2) is 9.78 Å². The van der Waals surface area contributed by atoms with Crippen LogP contribution in [0.2, 0.25) is 0 Å². The molecule has 0 aliphatic rings. The number of aromatic amines is 1. The molecular weight excluding hydrogens is 388 g/mol. The molecule has 0 spiro atoms. The first kappa shape index (κ1) is 20.8. The van der Waals surface area contributed by atoms with E-state index < -0.39 is 5.97 Å². The zero-order chi connectivity index (χ0) is 21.5. The Labute approximate surface area is 173 Å². The van der Waals surface area contributed by atoms with Crippen LogP contribution in [0.5, 0.6) is 17.2 Å². The standard InChI is InChI=1S/C21H22N4O5/c1-4-28-21(27)18-6-5-15(12-22-18)30-17-10-14(9-16(11-17)29-13(2)3)20(26)24-19-7-8-23-25-19/h5-13H,4H2,1-3H3,(H2,23,24,25,26). The Morgan fingerprint density at radius 3 is 2.53 bits per heavy atom. The Balaban J connectivity index is 1.82. The minimum Gasteiger partial charge on any atom is -0.491 e. The molecule has 0 radical (unpaired) electrons. The Hall–Kier alpha value is -3.88. The van der Waals surface area contributed by atoms with Crippen molar-refractivity contribution in [1.29, 1.82) is 0 Å². The van der Waals surface area contributed by atoms with Crippen LogP contribution in [0.3, 0.4) is 0 Å². The minimum absolute atomic E-state index is 0.0886. The number of pyridine rings is 1. The molecule has 1 amide bonds. The van der Waals surface area contributed by atoms with Gasteiger partial charge in [0.2, 0.25) is 0 Å². The first-order chi connectivity index (χ1) is 14.4. The van der Waals surface area contributed by atoms with Gasteiger partial charge in [-0.3, -0.25) is 9.89 Å². The van der Waals surface area contributed by atoms with E-state index in [0.29, 0.717) is 28.6 Å². The van der Waals surface area contributed by atoms with Gasteiger partial charge >= 0.3 is 5.97 Å². The fraction of sp³-hybridized carbons (Fsp3) is 0.238. The lowest BCUT2D eigenvalue weighted by atomic mass is 10.2. The Morgan fingerprint density at radius 1 is 1.10 bits per heavy atom. The molecule has 156 valence electrons. The van der Waals surface area contributed by atoms with Gasteiger partial charge in [-0.05, 0) is 45.0 Å². The van der Waals surface area contributed by atoms with Crippen LogP contribution in [0, 0.1) is 0 Å². The maximum absolute atomic E-state index is 12.6. The third-order valence-corrected chi connectivity index (χ3v) is 3.72. The number of H-pyrrole nitrogens is 1. The fourth-order valence-electron chi connectivity index (χ4n) is 2.52. The second kappa shape index (κ2) is 9.55. The molecule has 0 fully saturated rings. The van der Waals surface area contributed by atoms with Crippen molar-refractivity contribution in [2.45, 2.75) is 26.9 Å². The number of amides is 1. The molecule has 0 saturated heterocycles. The van der Waals surface area contributed by atoms with E-state index in [2.05, 4.69) is 20.5 Å². The first-order valence-corrected chi connectivity index (χ1v) is 9.38. The lowest BCUT2D eigenvalue weighted by Crippen LogP contribution is -2.13. The maximum atomic E-state index is 12.6. The minimum atomic E-state index is -0.505. The third kappa shape index (κ3) is 5.57. The summed E-state index contributed by atoms with van der Waals surface area (Å²) in [5.74, 6) is 0.867. The SMILES string of the molecule is CCOC(=O)c1ccc(Oc2cc(OC(C)C)cc(C(=O)Nc3ccn[nH]3)c2)cn1. The van der Waals surface area contributed by atoms with Crippen LogP contribution in [0.25, 0.3) is 0 Å². The normalized spacial score (nSPS) is 10.5. The van der Waals surface area contributed by atoms with Gasteiger partial charge < -0.3 is 19.5 Å². The first-order valence-electron chi connectivity index (χ1n) is 9.38. The van der Waals surface area contributed by atoms with Crippen molar-refractivity contribution in [3.05, 3.63) is 60.0 Å². The molecule has 1 aromatic carbocycles. The van der Waals surface area contributed by atoms with Gasteiger partial charge in [-0.15, -0.1) is 0 Å². The van der Waals surface area contributed by atoms with Crippen molar-refractivity contribution in [1.82, 2.24) is 15.2 Å². The van der Waals surface area contributed by atoms with E-state index in [1.807, 2.05) is 13.8 Å². The summed E-state index contributed by atoms with van der Waals surface area (Å²) < 4.78 is 16.5. The maximum Gasteiger partial charge on any atom is 0.356 e. The van der Waals surface area contributed by atoms with Gasteiger partial charge in [0.05, 0.1) is 25.1 Å². The highest BCUT2D eigenvalue weighted by molar-refractivity contribution is 6.04. The van der Waals surface area contributed by atoms with E-state index in [1.54, 1.807) is 37.3 Å². The van der Waals surface area contributed by atoms with Gasteiger partial charge in [-0.2, -0.15) is 5.10 Å². The number of nitrogens with one attached hydrogen (secondary N) is 2.